The highest BCUT2D eigenvalue weighted by Gasteiger charge is 2.20. The Hall–Kier alpha value is -1.66. The van der Waals surface area contributed by atoms with Crippen LogP contribution in [0.2, 0.25) is 0 Å². The van der Waals surface area contributed by atoms with Crippen LogP contribution in [-0.4, -0.2) is 18.0 Å². The SMILES string of the molecule is Cc1cccc(S(=O)(=O)NCc2nc3c(n2C)CCCC3)c1. The Morgan fingerprint density at radius 2 is 2.05 bits per heavy atom. The monoisotopic (exact) mass is 319 g/mol. The average Bonchev–Trinajstić information content (AvgIpc) is 2.82. The molecule has 1 aromatic carbocycles. The van der Waals surface area contributed by atoms with Gasteiger partial charge < -0.3 is 4.57 Å². The van der Waals surface area contributed by atoms with Crippen LogP contribution in [-0.2, 0) is 36.5 Å². The molecule has 22 heavy (non-hydrogen) atoms. The highest BCUT2D eigenvalue weighted by Crippen LogP contribution is 2.21. The maximum Gasteiger partial charge on any atom is 0.240 e. The van der Waals surface area contributed by atoms with Crippen molar-refractivity contribution >= 4 is 10.0 Å². The molecule has 0 amide bonds. The van der Waals surface area contributed by atoms with Gasteiger partial charge in [0.1, 0.15) is 5.82 Å². The predicted molar refractivity (Wildman–Crippen MR) is 85.1 cm³/mol. The molecule has 0 spiro atoms. The molecule has 2 aromatic rings. The van der Waals surface area contributed by atoms with Crippen molar-refractivity contribution in [3.8, 4) is 0 Å². The molecule has 6 heteroatoms. The Morgan fingerprint density at radius 1 is 1.27 bits per heavy atom. The number of fused-ring (bicyclic) bond motifs is 1. The van der Waals surface area contributed by atoms with E-state index >= 15 is 0 Å². The standard InChI is InChI=1S/C16H21N3O2S/c1-12-6-5-7-13(10-12)22(20,21)17-11-16-18-14-8-3-4-9-15(14)19(16)2/h5-7,10,17H,3-4,8-9,11H2,1-2H3. The summed E-state index contributed by atoms with van der Waals surface area (Å²) < 4.78 is 29.4. The van der Waals surface area contributed by atoms with Gasteiger partial charge >= 0.3 is 0 Å². The van der Waals surface area contributed by atoms with Gasteiger partial charge in [-0.25, -0.2) is 18.1 Å². The van der Waals surface area contributed by atoms with Gasteiger partial charge in [0.2, 0.25) is 10.0 Å². The van der Waals surface area contributed by atoms with E-state index in [1.165, 1.54) is 18.5 Å². The lowest BCUT2D eigenvalue weighted by molar-refractivity contribution is 0.576. The van der Waals surface area contributed by atoms with E-state index in [4.69, 9.17) is 0 Å². The van der Waals surface area contributed by atoms with E-state index in [0.717, 1.165) is 29.9 Å². The largest absolute Gasteiger partial charge is 0.334 e. The summed E-state index contributed by atoms with van der Waals surface area (Å²) in [7, 11) is -1.54. The number of hydrogen-bond acceptors (Lipinski definition) is 3. The van der Waals surface area contributed by atoms with Gasteiger partial charge in [-0.05, 0) is 50.3 Å². The summed E-state index contributed by atoms with van der Waals surface area (Å²) in [6.45, 7) is 2.10. The average molecular weight is 319 g/mol. The van der Waals surface area contributed by atoms with Crippen LogP contribution in [0, 0.1) is 6.92 Å². The van der Waals surface area contributed by atoms with E-state index in [2.05, 4.69) is 9.71 Å². The lowest BCUT2D eigenvalue weighted by atomic mass is 10.0. The second-order valence-electron chi connectivity index (χ2n) is 5.83. The smallest absolute Gasteiger partial charge is 0.240 e. The first kappa shape index (κ1) is 15.2. The van der Waals surface area contributed by atoms with E-state index in [1.807, 2.05) is 24.6 Å². The summed E-state index contributed by atoms with van der Waals surface area (Å²) in [5.41, 5.74) is 3.30. The number of sulfonamides is 1. The minimum Gasteiger partial charge on any atom is -0.334 e. The van der Waals surface area contributed by atoms with E-state index in [1.54, 1.807) is 18.2 Å². The Bertz CT molecular complexity index is 794. The summed E-state index contributed by atoms with van der Waals surface area (Å²) in [5.74, 6) is 0.781. The van der Waals surface area contributed by atoms with Crippen molar-refractivity contribution in [3.63, 3.8) is 0 Å². The summed E-state index contributed by atoms with van der Waals surface area (Å²) in [5, 5.41) is 0. The zero-order valence-electron chi connectivity index (χ0n) is 13.0. The minimum atomic E-state index is -3.50. The maximum atomic E-state index is 12.4. The van der Waals surface area contributed by atoms with Crippen LogP contribution in [0.3, 0.4) is 0 Å². The number of benzene rings is 1. The summed E-state index contributed by atoms with van der Waals surface area (Å²) in [6.07, 6.45) is 4.37. The van der Waals surface area contributed by atoms with Crippen LogP contribution in [0.4, 0.5) is 0 Å². The van der Waals surface area contributed by atoms with Crippen LogP contribution in [0.1, 0.15) is 35.6 Å². The first-order valence-electron chi connectivity index (χ1n) is 7.57. The first-order valence-corrected chi connectivity index (χ1v) is 9.05. The van der Waals surface area contributed by atoms with Gasteiger partial charge in [-0.15, -0.1) is 0 Å². The minimum absolute atomic E-state index is 0.222. The van der Waals surface area contributed by atoms with E-state index in [0.29, 0.717) is 4.90 Å². The van der Waals surface area contributed by atoms with E-state index in [-0.39, 0.29) is 6.54 Å². The van der Waals surface area contributed by atoms with E-state index in [9.17, 15) is 8.42 Å². The summed E-state index contributed by atoms with van der Waals surface area (Å²) in [6, 6.07) is 6.92. The molecule has 3 rings (SSSR count). The third-order valence-corrected chi connectivity index (χ3v) is 5.59. The molecule has 0 saturated heterocycles. The zero-order chi connectivity index (χ0) is 15.7. The maximum absolute atomic E-state index is 12.4. The molecule has 0 saturated carbocycles. The fraction of sp³-hybridized carbons (Fsp3) is 0.438. The Balaban J connectivity index is 1.79. The van der Waals surface area contributed by atoms with Gasteiger partial charge in [-0.3, -0.25) is 0 Å². The van der Waals surface area contributed by atoms with Crippen molar-refractivity contribution in [2.45, 2.75) is 44.0 Å². The summed E-state index contributed by atoms with van der Waals surface area (Å²) >= 11 is 0. The molecule has 118 valence electrons. The Labute approximate surface area is 131 Å². The lowest BCUT2D eigenvalue weighted by Crippen LogP contribution is -2.25. The molecule has 0 radical (unpaired) electrons. The van der Waals surface area contributed by atoms with Crippen LogP contribution < -0.4 is 4.72 Å². The number of aromatic nitrogens is 2. The highest BCUT2D eigenvalue weighted by atomic mass is 32.2. The zero-order valence-corrected chi connectivity index (χ0v) is 13.8. The van der Waals surface area contributed by atoms with Gasteiger partial charge in [0, 0.05) is 12.7 Å². The molecular weight excluding hydrogens is 298 g/mol. The van der Waals surface area contributed by atoms with Gasteiger partial charge in [0.25, 0.3) is 0 Å². The predicted octanol–water partition coefficient (Wildman–Crippen LogP) is 2.09. The number of hydrogen-bond donors (Lipinski definition) is 1. The van der Waals surface area contributed by atoms with Crippen molar-refractivity contribution in [1.82, 2.24) is 14.3 Å². The molecule has 1 N–H and O–H groups in total. The van der Waals surface area contributed by atoms with Crippen LogP contribution in [0.25, 0.3) is 0 Å². The first-order chi connectivity index (χ1) is 10.5. The quantitative estimate of drug-likeness (QED) is 0.938. The van der Waals surface area contributed by atoms with Crippen molar-refractivity contribution in [3.05, 3.63) is 47.0 Å². The van der Waals surface area contributed by atoms with Gasteiger partial charge in [-0.1, -0.05) is 12.1 Å². The number of aryl methyl sites for hydroxylation is 2. The Morgan fingerprint density at radius 3 is 2.77 bits per heavy atom. The van der Waals surface area contributed by atoms with Crippen molar-refractivity contribution in [1.29, 1.82) is 0 Å². The molecule has 1 aliphatic carbocycles. The van der Waals surface area contributed by atoms with Crippen LogP contribution >= 0.6 is 0 Å². The molecule has 0 unspecified atom stereocenters. The molecule has 0 aliphatic heterocycles. The number of nitrogens with zero attached hydrogens (tertiary/aromatic N) is 2. The molecule has 1 aliphatic rings. The number of imidazole rings is 1. The van der Waals surface area contributed by atoms with E-state index < -0.39 is 10.0 Å². The van der Waals surface area contributed by atoms with Crippen LogP contribution in [0.15, 0.2) is 29.2 Å². The normalized spacial score (nSPS) is 14.8. The van der Waals surface area contributed by atoms with Gasteiger partial charge in [0.15, 0.2) is 0 Å². The van der Waals surface area contributed by atoms with Crippen LogP contribution in [0.5, 0.6) is 0 Å². The molecule has 0 bridgehead atoms. The second-order valence-corrected chi connectivity index (χ2v) is 7.60. The lowest BCUT2D eigenvalue weighted by Gasteiger charge is -2.11. The molecule has 0 atom stereocenters. The summed E-state index contributed by atoms with van der Waals surface area (Å²) in [4.78, 5) is 4.90. The number of nitrogens with one attached hydrogen (secondary N) is 1. The molecule has 1 heterocycles. The fourth-order valence-electron chi connectivity index (χ4n) is 2.93. The third kappa shape index (κ3) is 2.94. The molecule has 5 nitrogen and oxygen atoms in total. The van der Waals surface area contributed by atoms with Crippen molar-refractivity contribution < 1.29 is 8.42 Å². The third-order valence-electron chi connectivity index (χ3n) is 4.19. The van der Waals surface area contributed by atoms with Gasteiger partial charge in [0.05, 0.1) is 17.1 Å². The molecular formula is C16H21N3O2S. The Kier molecular flexibility index (Phi) is 4.06. The second kappa shape index (κ2) is 5.85. The van der Waals surface area contributed by atoms with Crippen molar-refractivity contribution in [2.24, 2.45) is 7.05 Å². The van der Waals surface area contributed by atoms with Gasteiger partial charge in [-0.2, -0.15) is 0 Å². The molecule has 1 aromatic heterocycles. The van der Waals surface area contributed by atoms with Crippen molar-refractivity contribution in [2.75, 3.05) is 0 Å². The highest BCUT2D eigenvalue weighted by molar-refractivity contribution is 7.89. The number of rotatable bonds is 4. The fourth-order valence-corrected chi connectivity index (χ4v) is 4.01. The topological polar surface area (TPSA) is 64.0 Å². The molecule has 0 fully saturated rings.